The molecule has 0 heterocycles. The van der Waals surface area contributed by atoms with Crippen molar-refractivity contribution < 1.29 is 9.53 Å². The average molecular weight is 284 g/mol. The summed E-state index contributed by atoms with van der Waals surface area (Å²) in [7, 11) is 1.62. The van der Waals surface area contributed by atoms with E-state index in [1.165, 1.54) is 5.56 Å². The maximum atomic E-state index is 11.9. The molecule has 0 saturated carbocycles. The summed E-state index contributed by atoms with van der Waals surface area (Å²) in [5.74, 6) is 0.678. The number of benzene rings is 2. The molecule has 0 fully saturated rings. The van der Waals surface area contributed by atoms with Crippen molar-refractivity contribution in [2.45, 2.75) is 13.3 Å². The van der Waals surface area contributed by atoms with E-state index in [1.807, 2.05) is 48.5 Å². The van der Waals surface area contributed by atoms with Crippen LogP contribution in [0.2, 0.25) is 0 Å². The van der Waals surface area contributed by atoms with Crippen LogP contribution in [0.1, 0.15) is 12.5 Å². The van der Waals surface area contributed by atoms with Crippen molar-refractivity contribution in [2.75, 3.05) is 24.3 Å². The van der Waals surface area contributed by atoms with Gasteiger partial charge in [0, 0.05) is 17.4 Å². The molecule has 2 N–H and O–H groups in total. The van der Waals surface area contributed by atoms with Crippen molar-refractivity contribution in [3.8, 4) is 5.75 Å². The molecule has 4 nitrogen and oxygen atoms in total. The molecule has 2 aromatic rings. The van der Waals surface area contributed by atoms with E-state index in [0.717, 1.165) is 23.5 Å². The molecular formula is C17H20N2O2. The lowest BCUT2D eigenvalue weighted by molar-refractivity contribution is -0.114. The van der Waals surface area contributed by atoms with Gasteiger partial charge in [-0.1, -0.05) is 25.1 Å². The number of carbonyl (C=O) groups excluding carboxylic acids is 1. The van der Waals surface area contributed by atoms with Gasteiger partial charge in [0.15, 0.2) is 0 Å². The molecule has 0 aromatic heterocycles. The van der Waals surface area contributed by atoms with Crippen LogP contribution < -0.4 is 15.4 Å². The van der Waals surface area contributed by atoms with E-state index < -0.39 is 0 Å². The second-order valence-corrected chi connectivity index (χ2v) is 4.68. The number of aryl methyl sites for hydroxylation is 1. The fourth-order valence-corrected chi connectivity index (χ4v) is 1.94. The first-order valence-corrected chi connectivity index (χ1v) is 6.98. The number of amides is 1. The fraction of sp³-hybridized carbons (Fsp3) is 0.235. The molecule has 0 spiro atoms. The molecule has 0 unspecified atom stereocenters. The second kappa shape index (κ2) is 7.33. The highest BCUT2D eigenvalue weighted by atomic mass is 16.5. The molecule has 0 saturated heterocycles. The van der Waals surface area contributed by atoms with E-state index in [9.17, 15) is 4.79 Å². The molecule has 4 heteroatoms. The largest absolute Gasteiger partial charge is 0.497 e. The van der Waals surface area contributed by atoms with Crippen LogP contribution in [0.4, 0.5) is 11.4 Å². The summed E-state index contributed by atoms with van der Waals surface area (Å²) in [5, 5.41) is 5.93. The molecule has 0 atom stereocenters. The summed E-state index contributed by atoms with van der Waals surface area (Å²) in [4.78, 5) is 11.9. The quantitative estimate of drug-likeness (QED) is 0.855. The molecule has 0 aliphatic carbocycles. The number of ether oxygens (including phenoxy) is 1. The summed E-state index contributed by atoms with van der Waals surface area (Å²) in [6, 6.07) is 15.4. The highest BCUT2D eigenvalue weighted by Gasteiger charge is 2.03. The van der Waals surface area contributed by atoms with Gasteiger partial charge in [0.05, 0.1) is 13.7 Å². The van der Waals surface area contributed by atoms with Gasteiger partial charge in [0.1, 0.15) is 5.75 Å². The number of hydrogen-bond acceptors (Lipinski definition) is 3. The Kier molecular flexibility index (Phi) is 5.21. The van der Waals surface area contributed by atoms with Crippen molar-refractivity contribution >= 4 is 17.3 Å². The van der Waals surface area contributed by atoms with Crippen LogP contribution in [-0.4, -0.2) is 19.6 Å². The lowest BCUT2D eigenvalue weighted by atomic mass is 10.1. The van der Waals surface area contributed by atoms with Crippen molar-refractivity contribution in [1.82, 2.24) is 0 Å². The molecule has 0 radical (unpaired) electrons. The Morgan fingerprint density at radius 2 is 1.86 bits per heavy atom. The third kappa shape index (κ3) is 4.53. The molecule has 0 bridgehead atoms. The Labute approximate surface area is 125 Å². The fourth-order valence-electron chi connectivity index (χ4n) is 1.94. The van der Waals surface area contributed by atoms with Crippen LogP contribution in [0.25, 0.3) is 0 Å². The van der Waals surface area contributed by atoms with Crippen molar-refractivity contribution in [3.63, 3.8) is 0 Å². The van der Waals surface area contributed by atoms with E-state index in [-0.39, 0.29) is 12.5 Å². The first-order valence-electron chi connectivity index (χ1n) is 6.98. The molecule has 110 valence electrons. The summed E-state index contributed by atoms with van der Waals surface area (Å²) < 4.78 is 5.14. The molecular weight excluding hydrogens is 264 g/mol. The zero-order valence-corrected chi connectivity index (χ0v) is 12.3. The maximum absolute atomic E-state index is 11.9. The third-order valence-corrected chi connectivity index (χ3v) is 3.17. The number of nitrogens with one attached hydrogen (secondary N) is 2. The minimum Gasteiger partial charge on any atom is -0.497 e. The van der Waals surface area contributed by atoms with Gasteiger partial charge < -0.3 is 15.4 Å². The number of methoxy groups -OCH3 is 1. The molecule has 0 aliphatic heterocycles. The van der Waals surface area contributed by atoms with E-state index in [0.29, 0.717) is 0 Å². The Balaban J connectivity index is 1.86. The summed E-state index contributed by atoms with van der Waals surface area (Å²) in [5.41, 5.74) is 2.91. The van der Waals surface area contributed by atoms with Gasteiger partial charge in [0.25, 0.3) is 0 Å². The van der Waals surface area contributed by atoms with Crippen LogP contribution in [0.5, 0.6) is 5.75 Å². The minimum atomic E-state index is -0.0814. The van der Waals surface area contributed by atoms with E-state index >= 15 is 0 Å². The predicted octanol–water partition coefficient (Wildman–Crippen LogP) is 3.31. The topological polar surface area (TPSA) is 50.4 Å². The lowest BCUT2D eigenvalue weighted by Gasteiger charge is -2.09. The van der Waals surface area contributed by atoms with Crippen LogP contribution in [0, 0.1) is 0 Å². The summed E-state index contributed by atoms with van der Waals surface area (Å²) in [6.45, 7) is 2.31. The minimum absolute atomic E-state index is 0.0814. The molecule has 2 rings (SSSR count). The van der Waals surface area contributed by atoms with Gasteiger partial charge in [-0.2, -0.15) is 0 Å². The van der Waals surface area contributed by atoms with Crippen LogP contribution in [0.15, 0.2) is 48.5 Å². The van der Waals surface area contributed by atoms with Gasteiger partial charge in [-0.05, 0) is 36.2 Å². The Morgan fingerprint density at radius 1 is 1.10 bits per heavy atom. The number of hydrogen-bond donors (Lipinski definition) is 2. The molecule has 21 heavy (non-hydrogen) atoms. The van der Waals surface area contributed by atoms with Crippen LogP contribution in [0.3, 0.4) is 0 Å². The van der Waals surface area contributed by atoms with Gasteiger partial charge in [0.2, 0.25) is 5.91 Å². The van der Waals surface area contributed by atoms with Crippen molar-refractivity contribution in [1.29, 1.82) is 0 Å². The van der Waals surface area contributed by atoms with E-state index in [1.54, 1.807) is 7.11 Å². The molecule has 0 aliphatic rings. The average Bonchev–Trinajstić information content (AvgIpc) is 2.54. The standard InChI is InChI=1S/C17H20N2O2/c1-3-13-7-9-14(10-8-13)19-17(20)12-18-15-5-4-6-16(11-15)21-2/h4-11,18H,3,12H2,1-2H3,(H,19,20). The smallest absolute Gasteiger partial charge is 0.243 e. The highest BCUT2D eigenvalue weighted by molar-refractivity contribution is 5.93. The third-order valence-electron chi connectivity index (χ3n) is 3.17. The van der Waals surface area contributed by atoms with Crippen LogP contribution in [-0.2, 0) is 11.2 Å². The van der Waals surface area contributed by atoms with Gasteiger partial charge in [-0.25, -0.2) is 0 Å². The normalized spacial score (nSPS) is 10.0. The zero-order valence-electron chi connectivity index (χ0n) is 12.3. The Hall–Kier alpha value is -2.49. The van der Waals surface area contributed by atoms with Crippen molar-refractivity contribution in [2.24, 2.45) is 0 Å². The summed E-state index contributed by atoms with van der Waals surface area (Å²) >= 11 is 0. The Bertz CT molecular complexity index is 594. The predicted molar refractivity (Wildman–Crippen MR) is 85.9 cm³/mol. The van der Waals surface area contributed by atoms with Crippen molar-refractivity contribution in [3.05, 3.63) is 54.1 Å². The highest BCUT2D eigenvalue weighted by Crippen LogP contribution is 2.16. The Morgan fingerprint density at radius 3 is 2.52 bits per heavy atom. The van der Waals surface area contributed by atoms with Crippen LogP contribution >= 0.6 is 0 Å². The lowest BCUT2D eigenvalue weighted by Crippen LogP contribution is -2.21. The first kappa shape index (κ1) is 14.9. The number of anilines is 2. The number of carbonyl (C=O) groups is 1. The first-order chi connectivity index (χ1) is 10.2. The zero-order chi connectivity index (χ0) is 15.1. The SMILES string of the molecule is CCc1ccc(NC(=O)CNc2cccc(OC)c2)cc1. The van der Waals surface area contributed by atoms with E-state index in [4.69, 9.17) is 4.74 Å². The second-order valence-electron chi connectivity index (χ2n) is 4.68. The molecule has 1 amide bonds. The number of rotatable bonds is 6. The van der Waals surface area contributed by atoms with Gasteiger partial charge in [-0.15, -0.1) is 0 Å². The summed E-state index contributed by atoms with van der Waals surface area (Å²) in [6.07, 6.45) is 0.992. The van der Waals surface area contributed by atoms with Gasteiger partial charge >= 0.3 is 0 Å². The van der Waals surface area contributed by atoms with E-state index in [2.05, 4.69) is 17.6 Å². The maximum Gasteiger partial charge on any atom is 0.243 e. The monoisotopic (exact) mass is 284 g/mol. The molecule has 2 aromatic carbocycles. The van der Waals surface area contributed by atoms with Gasteiger partial charge in [-0.3, -0.25) is 4.79 Å².